The first kappa shape index (κ1) is 23.2. The van der Waals surface area contributed by atoms with Crippen LogP contribution in [0.2, 0.25) is 0 Å². The number of hydrogen-bond acceptors (Lipinski definition) is 7. The van der Waals surface area contributed by atoms with E-state index >= 15 is 0 Å². The molecule has 1 saturated heterocycles. The Morgan fingerprint density at radius 1 is 1.23 bits per heavy atom. The van der Waals surface area contributed by atoms with Crippen molar-refractivity contribution in [2.24, 2.45) is 0 Å². The quantitative estimate of drug-likeness (QED) is 0.547. The van der Waals surface area contributed by atoms with E-state index in [0.29, 0.717) is 25.4 Å². The summed E-state index contributed by atoms with van der Waals surface area (Å²) in [5.74, 6) is -0.728. The van der Waals surface area contributed by atoms with Crippen LogP contribution in [0.3, 0.4) is 0 Å². The van der Waals surface area contributed by atoms with E-state index in [0.717, 1.165) is 24.2 Å². The Labute approximate surface area is 185 Å². The van der Waals surface area contributed by atoms with E-state index in [1.807, 2.05) is 17.5 Å². The normalized spacial score (nSPS) is 15.8. The maximum absolute atomic E-state index is 13.0. The number of rotatable bonds is 8. The number of ether oxygens (including phenoxy) is 1. The van der Waals surface area contributed by atoms with Gasteiger partial charge in [0.15, 0.2) is 0 Å². The zero-order valence-electron chi connectivity index (χ0n) is 17.4. The van der Waals surface area contributed by atoms with Crippen LogP contribution in [-0.2, 0) is 19.6 Å². The predicted octanol–water partition coefficient (Wildman–Crippen LogP) is 1.88. The Bertz CT molecular complexity index is 1020. The lowest BCUT2D eigenvalue weighted by molar-refractivity contribution is -0.114. The van der Waals surface area contributed by atoms with E-state index in [9.17, 15) is 18.0 Å². The number of amides is 2. The topological polar surface area (TPSA) is 117 Å². The molecule has 1 unspecified atom stereocenters. The van der Waals surface area contributed by atoms with Crippen LogP contribution in [0, 0.1) is 0 Å². The standard InChI is InChI=1S/C20H26N4O5S2/c1-14(25)22-15-5-6-17(23-31(2,27)28)16(12-15)20(26)21-13-18(19-4-3-11-30-19)24-7-9-29-10-8-24/h3-6,11-12,18,23H,7-10,13H2,1-2H3,(H,21,26)(H,22,25). The van der Waals surface area contributed by atoms with Gasteiger partial charge in [-0.3, -0.25) is 19.2 Å². The first-order chi connectivity index (χ1) is 14.7. The SMILES string of the molecule is CC(=O)Nc1ccc(NS(C)(=O)=O)c(C(=O)NCC(c2cccs2)N2CCOCC2)c1. The third-order valence-electron chi connectivity index (χ3n) is 4.69. The lowest BCUT2D eigenvalue weighted by atomic mass is 10.1. The number of benzene rings is 1. The number of carbonyl (C=O) groups excluding carboxylic acids is 2. The molecule has 3 rings (SSSR count). The molecule has 2 amide bonds. The summed E-state index contributed by atoms with van der Waals surface area (Å²) in [5, 5.41) is 7.54. The van der Waals surface area contributed by atoms with Crippen LogP contribution in [0.25, 0.3) is 0 Å². The molecular formula is C20H26N4O5S2. The molecular weight excluding hydrogens is 440 g/mol. The summed E-state index contributed by atoms with van der Waals surface area (Å²) in [4.78, 5) is 27.8. The van der Waals surface area contributed by atoms with Crippen molar-refractivity contribution in [3.8, 4) is 0 Å². The van der Waals surface area contributed by atoms with E-state index in [-0.39, 0.29) is 23.2 Å². The second kappa shape index (κ2) is 10.2. The molecule has 11 heteroatoms. The van der Waals surface area contributed by atoms with E-state index in [4.69, 9.17) is 4.74 Å². The van der Waals surface area contributed by atoms with Gasteiger partial charge in [-0.2, -0.15) is 0 Å². The minimum atomic E-state index is -3.59. The minimum absolute atomic E-state index is 0.0160. The van der Waals surface area contributed by atoms with Crippen LogP contribution in [0.15, 0.2) is 35.7 Å². The van der Waals surface area contributed by atoms with Gasteiger partial charge in [-0.1, -0.05) is 6.07 Å². The molecule has 1 aromatic carbocycles. The van der Waals surface area contributed by atoms with Gasteiger partial charge < -0.3 is 15.4 Å². The monoisotopic (exact) mass is 466 g/mol. The highest BCUT2D eigenvalue weighted by Gasteiger charge is 2.25. The van der Waals surface area contributed by atoms with Crippen molar-refractivity contribution in [2.45, 2.75) is 13.0 Å². The van der Waals surface area contributed by atoms with Crippen molar-refractivity contribution in [1.29, 1.82) is 0 Å². The van der Waals surface area contributed by atoms with Crippen LogP contribution in [-0.4, -0.2) is 64.2 Å². The molecule has 0 radical (unpaired) electrons. The highest BCUT2D eigenvalue weighted by molar-refractivity contribution is 7.92. The second-order valence-electron chi connectivity index (χ2n) is 7.21. The number of carbonyl (C=O) groups is 2. The van der Waals surface area contributed by atoms with Gasteiger partial charge in [-0.25, -0.2) is 8.42 Å². The average Bonchev–Trinajstić information content (AvgIpc) is 3.23. The van der Waals surface area contributed by atoms with E-state index in [1.54, 1.807) is 11.3 Å². The molecule has 2 aromatic rings. The zero-order chi connectivity index (χ0) is 22.4. The van der Waals surface area contributed by atoms with Crippen LogP contribution in [0.4, 0.5) is 11.4 Å². The van der Waals surface area contributed by atoms with Gasteiger partial charge in [0.25, 0.3) is 5.91 Å². The number of hydrogen-bond donors (Lipinski definition) is 3. The average molecular weight is 467 g/mol. The maximum atomic E-state index is 13.0. The van der Waals surface area contributed by atoms with Crippen molar-refractivity contribution < 1.29 is 22.7 Å². The highest BCUT2D eigenvalue weighted by Crippen LogP contribution is 2.26. The van der Waals surface area contributed by atoms with Gasteiger partial charge in [0.05, 0.1) is 36.8 Å². The number of nitrogens with zero attached hydrogens (tertiary/aromatic N) is 1. The Morgan fingerprint density at radius 2 is 1.97 bits per heavy atom. The Kier molecular flexibility index (Phi) is 7.65. The molecule has 1 atom stereocenters. The number of sulfonamides is 1. The van der Waals surface area contributed by atoms with Gasteiger partial charge >= 0.3 is 0 Å². The molecule has 0 spiro atoms. The summed E-state index contributed by atoms with van der Waals surface area (Å²) in [6.07, 6.45) is 1.02. The van der Waals surface area contributed by atoms with Gasteiger partial charge in [0.1, 0.15) is 0 Å². The van der Waals surface area contributed by atoms with E-state index in [1.165, 1.54) is 25.1 Å². The molecule has 9 nitrogen and oxygen atoms in total. The largest absolute Gasteiger partial charge is 0.379 e. The fourth-order valence-electron chi connectivity index (χ4n) is 3.37. The van der Waals surface area contributed by atoms with Crippen molar-refractivity contribution in [3.63, 3.8) is 0 Å². The van der Waals surface area contributed by atoms with Crippen LogP contribution in [0.1, 0.15) is 28.2 Å². The summed E-state index contributed by atoms with van der Waals surface area (Å²) in [6.45, 7) is 4.50. The lowest BCUT2D eigenvalue weighted by Crippen LogP contribution is -2.43. The molecule has 31 heavy (non-hydrogen) atoms. The third kappa shape index (κ3) is 6.76. The highest BCUT2D eigenvalue weighted by atomic mass is 32.2. The smallest absolute Gasteiger partial charge is 0.253 e. The number of morpholine rings is 1. The van der Waals surface area contributed by atoms with Crippen LogP contribution < -0.4 is 15.4 Å². The second-order valence-corrected chi connectivity index (χ2v) is 9.93. The Hall–Kier alpha value is -2.47. The van der Waals surface area contributed by atoms with Crippen molar-refractivity contribution >= 4 is 44.5 Å². The van der Waals surface area contributed by atoms with Crippen molar-refractivity contribution in [2.75, 3.05) is 49.1 Å². The fraction of sp³-hybridized carbons (Fsp3) is 0.400. The van der Waals surface area contributed by atoms with Gasteiger partial charge in [-0.05, 0) is 29.6 Å². The molecule has 0 bridgehead atoms. The molecule has 1 aliphatic heterocycles. The first-order valence-electron chi connectivity index (χ1n) is 9.76. The molecule has 0 aliphatic carbocycles. The molecule has 168 valence electrons. The molecule has 1 aliphatic rings. The maximum Gasteiger partial charge on any atom is 0.253 e. The molecule has 0 saturated carbocycles. The summed E-state index contributed by atoms with van der Waals surface area (Å²) in [7, 11) is -3.59. The van der Waals surface area contributed by atoms with Crippen molar-refractivity contribution in [3.05, 3.63) is 46.2 Å². The summed E-state index contributed by atoms with van der Waals surface area (Å²) >= 11 is 1.62. The summed E-state index contributed by atoms with van der Waals surface area (Å²) in [5.41, 5.74) is 0.677. The number of nitrogens with one attached hydrogen (secondary N) is 3. The summed E-state index contributed by atoms with van der Waals surface area (Å²) in [6, 6.07) is 8.44. The fourth-order valence-corrected chi connectivity index (χ4v) is 4.80. The molecule has 1 fully saturated rings. The molecule has 1 aromatic heterocycles. The summed E-state index contributed by atoms with van der Waals surface area (Å²) < 4.78 is 31.3. The number of anilines is 2. The first-order valence-corrected chi connectivity index (χ1v) is 12.5. The lowest BCUT2D eigenvalue weighted by Gasteiger charge is -2.34. The molecule has 2 heterocycles. The van der Waals surface area contributed by atoms with E-state index < -0.39 is 15.9 Å². The minimum Gasteiger partial charge on any atom is -0.379 e. The van der Waals surface area contributed by atoms with Crippen LogP contribution >= 0.6 is 11.3 Å². The third-order valence-corrected chi connectivity index (χ3v) is 6.26. The Morgan fingerprint density at radius 3 is 2.58 bits per heavy atom. The van der Waals surface area contributed by atoms with Crippen molar-refractivity contribution in [1.82, 2.24) is 10.2 Å². The number of thiophene rings is 1. The Balaban J connectivity index is 1.81. The molecule has 3 N–H and O–H groups in total. The van der Waals surface area contributed by atoms with Gasteiger partial charge in [0.2, 0.25) is 15.9 Å². The van der Waals surface area contributed by atoms with E-state index in [2.05, 4.69) is 20.3 Å². The zero-order valence-corrected chi connectivity index (χ0v) is 19.0. The predicted molar refractivity (Wildman–Crippen MR) is 121 cm³/mol. The van der Waals surface area contributed by atoms with Crippen LogP contribution in [0.5, 0.6) is 0 Å². The van der Waals surface area contributed by atoms with Gasteiger partial charge in [0, 0.05) is 37.1 Å². The van der Waals surface area contributed by atoms with Gasteiger partial charge in [-0.15, -0.1) is 11.3 Å².